The first-order valence-corrected chi connectivity index (χ1v) is 13.0. The zero-order valence-electron chi connectivity index (χ0n) is 20.3. The molecule has 3 aromatic rings. The summed E-state index contributed by atoms with van der Waals surface area (Å²) in [7, 11) is 1.78. The van der Waals surface area contributed by atoms with Gasteiger partial charge in [0.15, 0.2) is 0 Å². The third-order valence-corrected chi connectivity index (χ3v) is 8.50. The normalized spacial score (nSPS) is 25.3. The van der Waals surface area contributed by atoms with Gasteiger partial charge in [-0.3, -0.25) is 4.98 Å². The third-order valence-electron chi connectivity index (χ3n) is 7.46. The first-order valence-electron chi connectivity index (χ1n) is 12.2. The van der Waals surface area contributed by atoms with Crippen LogP contribution in [0.1, 0.15) is 50.4 Å². The number of aliphatic hydroxyl groups excluding tert-OH is 1. The monoisotopic (exact) mass is 482 g/mol. The second-order valence-corrected chi connectivity index (χ2v) is 10.9. The van der Waals surface area contributed by atoms with E-state index in [0.29, 0.717) is 23.9 Å². The number of hydrogen-bond donors (Lipinski definition) is 3. The Balaban J connectivity index is 1.47. The van der Waals surface area contributed by atoms with Gasteiger partial charge in [0, 0.05) is 32.0 Å². The molecule has 0 spiro atoms. The predicted molar refractivity (Wildman–Crippen MR) is 136 cm³/mol. The Labute approximate surface area is 204 Å². The summed E-state index contributed by atoms with van der Waals surface area (Å²) in [6.07, 6.45) is 7.34. The fourth-order valence-corrected chi connectivity index (χ4v) is 6.29. The van der Waals surface area contributed by atoms with E-state index in [-0.39, 0.29) is 18.7 Å². The van der Waals surface area contributed by atoms with Gasteiger partial charge in [-0.05, 0) is 70.8 Å². The first-order chi connectivity index (χ1) is 16.4. The number of rotatable bonds is 8. The molecule has 0 bridgehead atoms. The smallest absolute Gasteiger partial charge is 0.225 e. The third kappa shape index (κ3) is 4.61. The zero-order valence-corrected chi connectivity index (χ0v) is 21.2. The molecule has 3 heterocycles. The van der Waals surface area contributed by atoms with Crippen molar-refractivity contribution >= 4 is 33.3 Å². The van der Waals surface area contributed by atoms with Crippen molar-refractivity contribution < 1.29 is 9.84 Å². The maximum Gasteiger partial charge on any atom is 0.225 e. The van der Waals surface area contributed by atoms with Crippen LogP contribution in [0.3, 0.4) is 0 Å². The van der Waals surface area contributed by atoms with Crippen LogP contribution in [0.2, 0.25) is 0 Å². The lowest BCUT2D eigenvalue weighted by Gasteiger charge is -2.38. The van der Waals surface area contributed by atoms with E-state index in [4.69, 9.17) is 19.7 Å². The van der Waals surface area contributed by atoms with E-state index in [1.807, 2.05) is 26.1 Å². The summed E-state index contributed by atoms with van der Waals surface area (Å²) in [5, 5.41) is 17.7. The number of hydrogen-bond acceptors (Lipinski definition) is 9. The summed E-state index contributed by atoms with van der Waals surface area (Å²) in [6, 6.07) is 2.56. The minimum atomic E-state index is 0.242. The van der Waals surface area contributed by atoms with Gasteiger partial charge >= 0.3 is 0 Å². The van der Waals surface area contributed by atoms with E-state index in [9.17, 15) is 5.11 Å². The van der Waals surface area contributed by atoms with Crippen LogP contribution in [0.4, 0.5) is 11.8 Å². The molecule has 0 unspecified atom stereocenters. The zero-order chi connectivity index (χ0) is 23.8. The maximum atomic E-state index is 9.61. The van der Waals surface area contributed by atoms with Crippen LogP contribution in [0.5, 0.6) is 0 Å². The number of fused-ring (bicyclic) bond motifs is 1. The minimum Gasteiger partial charge on any atom is -0.396 e. The topological polar surface area (TPSA) is 105 Å². The molecule has 0 aliphatic heterocycles. The predicted octanol–water partition coefficient (Wildman–Crippen LogP) is 4.56. The summed E-state index contributed by atoms with van der Waals surface area (Å²) >= 11 is 1.65. The lowest BCUT2D eigenvalue weighted by atomic mass is 9.78. The molecule has 2 fully saturated rings. The van der Waals surface area contributed by atoms with Crippen molar-refractivity contribution in [3.8, 4) is 10.6 Å². The molecule has 2 aliphatic rings. The van der Waals surface area contributed by atoms with Crippen LogP contribution in [-0.2, 0) is 4.74 Å². The molecule has 8 nitrogen and oxygen atoms in total. The summed E-state index contributed by atoms with van der Waals surface area (Å²) in [4.78, 5) is 19.1. The SMILES string of the molecule is CO[C@H]1C[C@H]([C@@H](C)Nc2nc(C)c(-c3nc4c(C)nccc4s3)c(N[C@H]3CC[C@@H](CO)C3)n2)C1. The molecule has 2 saturated carbocycles. The fourth-order valence-electron chi connectivity index (χ4n) is 5.18. The number of nitrogens with one attached hydrogen (secondary N) is 2. The number of aromatic nitrogens is 4. The lowest BCUT2D eigenvalue weighted by molar-refractivity contribution is -0.00343. The molecule has 0 saturated heterocycles. The van der Waals surface area contributed by atoms with Gasteiger partial charge in [-0.15, -0.1) is 11.3 Å². The van der Waals surface area contributed by atoms with Gasteiger partial charge in [-0.25, -0.2) is 9.97 Å². The maximum absolute atomic E-state index is 9.61. The van der Waals surface area contributed by atoms with Crippen molar-refractivity contribution in [2.24, 2.45) is 11.8 Å². The molecule has 0 aromatic carbocycles. The molecule has 3 N–H and O–H groups in total. The quantitative estimate of drug-likeness (QED) is 0.429. The van der Waals surface area contributed by atoms with E-state index in [1.54, 1.807) is 18.4 Å². The Kier molecular flexibility index (Phi) is 6.68. The highest BCUT2D eigenvalue weighted by Crippen LogP contribution is 2.39. The van der Waals surface area contributed by atoms with Gasteiger partial charge in [0.1, 0.15) is 16.3 Å². The Bertz CT molecular complexity index is 1160. The van der Waals surface area contributed by atoms with Gasteiger partial charge in [-0.1, -0.05) is 0 Å². The molecule has 5 rings (SSSR count). The average molecular weight is 483 g/mol. The van der Waals surface area contributed by atoms with Gasteiger partial charge in [0.05, 0.1) is 27.8 Å². The second kappa shape index (κ2) is 9.71. The van der Waals surface area contributed by atoms with E-state index in [0.717, 1.165) is 70.1 Å². The van der Waals surface area contributed by atoms with Crippen LogP contribution in [-0.4, -0.2) is 56.9 Å². The number of pyridine rings is 1. The summed E-state index contributed by atoms with van der Waals surface area (Å²) in [5.41, 5.74) is 3.71. The van der Waals surface area contributed by atoms with Gasteiger partial charge < -0.3 is 20.5 Å². The largest absolute Gasteiger partial charge is 0.396 e. The van der Waals surface area contributed by atoms with E-state index < -0.39 is 0 Å². The van der Waals surface area contributed by atoms with Crippen LogP contribution in [0.25, 0.3) is 20.8 Å². The molecule has 3 atom stereocenters. The van der Waals surface area contributed by atoms with Crippen LogP contribution >= 0.6 is 11.3 Å². The summed E-state index contributed by atoms with van der Waals surface area (Å²) < 4.78 is 6.56. The molecule has 34 heavy (non-hydrogen) atoms. The average Bonchev–Trinajstić information content (AvgIpc) is 3.40. The molecular formula is C25H34N6O2S. The van der Waals surface area contributed by atoms with E-state index in [1.165, 1.54) is 0 Å². The molecular weight excluding hydrogens is 448 g/mol. The number of thiazole rings is 1. The number of methoxy groups -OCH3 is 1. The minimum absolute atomic E-state index is 0.242. The number of anilines is 2. The van der Waals surface area contributed by atoms with Crippen LogP contribution < -0.4 is 10.6 Å². The Morgan fingerprint density at radius 2 is 1.97 bits per heavy atom. The van der Waals surface area contributed by atoms with Gasteiger partial charge in [0.2, 0.25) is 5.95 Å². The summed E-state index contributed by atoms with van der Waals surface area (Å²) in [6.45, 7) is 6.46. The summed E-state index contributed by atoms with van der Waals surface area (Å²) in [5.74, 6) is 2.38. The van der Waals surface area contributed by atoms with Gasteiger partial charge in [-0.2, -0.15) is 4.98 Å². The molecule has 0 radical (unpaired) electrons. The fraction of sp³-hybridized carbons (Fsp3) is 0.600. The molecule has 2 aliphatic carbocycles. The van der Waals surface area contributed by atoms with Crippen molar-refractivity contribution in [2.45, 2.75) is 71.1 Å². The Morgan fingerprint density at radius 1 is 1.15 bits per heavy atom. The second-order valence-electron chi connectivity index (χ2n) is 9.84. The van der Waals surface area contributed by atoms with E-state index >= 15 is 0 Å². The van der Waals surface area contributed by atoms with Crippen LogP contribution in [0, 0.1) is 25.7 Å². The number of aryl methyl sites for hydroxylation is 2. The molecule has 182 valence electrons. The van der Waals surface area contributed by atoms with Gasteiger partial charge in [0.25, 0.3) is 0 Å². The van der Waals surface area contributed by atoms with Crippen molar-refractivity contribution in [1.82, 2.24) is 19.9 Å². The number of nitrogens with zero attached hydrogens (tertiary/aromatic N) is 4. The highest BCUT2D eigenvalue weighted by atomic mass is 32.1. The van der Waals surface area contributed by atoms with Crippen LogP contribution in [0.15, 0.2) is 12.3 Å². The van der Waals surface area contributed by atoms with Crippen molar-refractivity contribution in [2.75, 3.05) is 24.4 Å². The van der Waals surface area contributed by atoms with Crippen molar-refractivity contribution in [1.29, 1.82) is 0 Å². The highest BCUT2D eigenvalue weighted by Gasteiger charge is 2.34. The first kappa shape index (κ1) is 23.4. The Morgan fingerprint density at radius 3 is 2.68 bits per heavy atom. The van der Waals surface area contributed by atoms with Crippen molar-refractivity contribution in [3.63, 3.8) is 0 Å². The van der Waals surface area contributed by atoms with E-state index in [2.05, 4.69) is 22.5 Å². The van der Waals surface area contributed by atoms with Crippen molar-refractivity contribution in [3.05, 3.63) is 23.7 Å². The molecule has 9 heteroatoms. The lowest BCUT2D eigenvalue weighted by Crippen LogP contribution is -2.40. The Hall–Kier alpha value is -2.36. The number of ether oxygens (including phenoxy) is 1. The highest BCUT2D eigenvalue weighted by molar-refractivity contribution is 7.21. The standard InChI is InChI=1S/C25H34N6O2S/c1-13(17-10-19(11-17)33-4)27-25-28-14(2)21(23(31-25)29-18-6-5-16(9-18)12-32)24-30-22-15(3)26-8-7-20(22)34-24/h7-8,13,16-19,32H,5-6,9-12H2,1-4H3,(H2,27,28,29,31)/t13-,16-,17-,18+,19-/m1/s1. The molecule has 3 aromatic heterocycles. The molecule has 0 amide bonds. The number of aliphatic hydroxyl groups is 1.